The van der Waals surface area contributed by atoms with Crippen molar-refractivity contribution in [1.82, 2.24) is 5.16 Å². The number of aryl methyl sites for hydroxylation is 1. The van der Waals surface area contributed by atoms with E-state index in [4.69, 9.17) is 4.52 Å². The normalized spacial score (nSPS) is 15.5. The van der Waals surface area contributed by atoms with E-state index in [0.717, 1.165) is 12.5 Å². The van der Waals surface area contributed by atoms with Crippen LogP contribution in [0.4, 0.5) is 18.9 Å². The number of nitrogens with zero attached hydrogens (tertiary/aromatic N) is 1. The van der Waals surface area contributed by atoms with E-state index in [0.29, 0.717) is 35.0 Å². The number of hydrogen-bond acceptors (Lipinski definition) is 5. The lowest BCUT2D eigenvalue weighted by molar-refractivity contribution is -0.139. The van der Waals surface area contributed by atoms with Crippen LogP contribution in [0.2, 0.25) is 0 Å². The second kappa shape index (κ2) is 7.83. The number of hydrogen-bond donors (Lipinski definition) is 1. The summed E-state index contributed by atoms with van der Waals surface area (Å²) in [6.07, 6.45) is -2.49. The number of benzene rings is 2. The first-order chi connectivity index (χ1) is 14.7. The van der Waals surface area contributed by atoms with Crippen LogP contribution in [0.3, 0.4) is 0 Å². The van der Waals surface area contributed by atoms with Gasteiger partial charge in [-0.1, -0.05) is 29.8 Å². The molecule has 0 radical (unpaired) electrons. The molecule has 8 heteroatoms. The minimum Gasteiger partial charge on any atom is -0.378 e. The third-order valence-electron chi connectivity index (χ3n) is 6.03. The van der Waals surface area contributed by atoms with Gasteiger partial charge in [0.2, 0.25) is 0 Å². The number of fused-ring (bicyclic) bond motifs is 1. The molecule has 3 aromatic rings. The molecule has 0 aliphatic heterocycles. The highest BCUT2D eigenvalue weighted by atomic mass is 19.4. The van der Waals surface area contributed by atoms with Crippen molar-refractivity contribution >= 4 is 22.2 Å². The fourth-order valence-electron chi connectivity index (χ4n) is 4.32. The summed E-state index contributed by atoms with van der Waals surface area (Å²) >= 11 is 0. The molecule has 1 aliphatic carbocycles. The molecular weight excluding hydrogens is 409 g/mol. The molecule has 31 heavy (non-hydrogen) atoms. The number of rotatable bonds is 6. The summed E-state index contributed by atoms with van der Waals surface area (Å²) in [5, 5.41) is 7.72. The van der Waals surface area contributed by atoms with Crippen molar-refractivity contribution in [3.8, 4) is 0 Å². The zero-order valence-electron chi connectivity index (χ0n) is 16.9. The van der Waals surface area contributed by atoms with Gasteiger partial charge in [-0.3, -0.25) is 4.79 Å². The van der Waals surface area contributed by atoms with Gasteiger partial charge in [0.25, 0.3) is 0 Å². The molecule has 1 N–H and O–H groups in total. The molecule has 0 atom stereocenters. The zero-order chi connectivity index (χ0) is 22.2. The summed E-state index contributed by atoms with van der Waals surface area (Å²) in [4.78, 5) is 24.5. The minimum absolute atomic E-state index is 0.0185. The highest BCUT2D eigenvalue weighted by Gasteiger charge is 2.45. The van der Waals surface area contributed by atoms with Crippen molar-refractivity contribution in [1.29, 1.82) is 0 Å². The molecule has 1 heterocycles. The maximum absolute atomic E-state index is 13.5. The monoisotopic (exact) mass is 430 g/mol. The average molecular weight is 430 g/mol. The molecule has 1 fully saturated rings. The van der Waals surface area contributed by atoms with Gasteiger partial charge < -0.3 is 9.84 Å². The number of ketones is 1. The molecule has 5 nitrogen and oxygen atoms in total. The summed E-state index contributed by atoms with van der Waals surface area (Å²) in [6, 6.07) is 10.5. The van der Waals surface area contributed by atoms with Crippen LogP contribution >= 0.6 is 0 Å². The lowest BCUT2D eigenvalue weighted by Crippen LogP contribution is -2.39. The molecule has 1 aliphatic rings. The van der Waals surface area contributed by atoms with Crippen LogP contribution < -0.4 is 10.9 Å². The number of carbonyl (C=O) groups is 1. The maximum atomic E-state index is 13.5. The Morgan fingerprint density at radius 1 is 1.16 bits per heavy atom. The fraction of sp³-hybridized carbons (Fsp3) is 0.348. The number of nitrogens with one attached hydrogen (secondary N) is 1. The smallest absolute Gasteiger partial charge is 0.378 e. The topological polar surface area (TPSA) is 72.2 Å². The Morgan fingerprint density at radius 2 is 1.90 bits per heavy atom. The Kier molecular flexibility index (Phi) is 5.33. The molecule has 0 saturated heterocycles. The van der Waals surface area contributed by atoms with Crippen LogP contribution in [0.15, 0.2) is 51.8 Å². The first kappa shape index (κ1) is 21.1. The molecule has 0 spiro atoms. The predicted molar refractivity (Wildman–Crippen MR) is 110 cm³/mol. The van der Waals surface area contributed by atoms with Crippen molar-refractivity contribution in [3.05, 3.63) is 69.7 Å². The van der Waals surface area contributed by atoms with Crippen LogP contribution in [0.1, 0.15) is 42.5 Å². The molecule has 2 aromatic carbocycles. The summed E-state index contributed by atoms with van der Waals surface area (Å²) in [5.74, 6) is -0.167. The van der Waals surface area contributed by atoms with Gasteiger partial charge in [0.05, 0.1) is 23.2 Å². The second-order valence-corrected chi connectivity index (χ2v) is 8.06. The van der Waals surface area contributed by atoms with Crippen LogP contribution in [0, 0.1) is 6.92 Å². The quantitative estimate of drug-likeness (QED) is 0.595. The first-order valence-electron chi connectivity index (χ1n) is 10.0. The lowest BCUT2D eigenvalue weighted by Gasteiger charge is -2.43. The van der Waals surface area contributed by atoms with Gasteiger partial charge in [-0.25, -0.2) is 4.79 Å². The highest BCUT2D eigenvalue weighted by Crippen LogP contribution is 2.50. The standard InChI is InChI=1S/C23H21F3N2O3/c1-14-18-11-15(7-8-17(18)21(30)31-28-14)27-13-16(29)12-22(9-4-10-22)19-5-2-3-6-20(19)23(24,25)26/h2-3,5-8,11,27H,4,9-10,12-13H2,1H3. The Bertz CT molecular complexity index is 1200. The zero-order valence-corrected chi connectivity index (χ0v) is 16.9. The Hall–Kier alpha value is -3.16. The predicted octanol–water partition coefficient (Wildman–Crippen LogP) is 5.01. The van der Waals surface area contributed by atoms with Crippen LogP contribution in [-0.4, -0.2) is 17.5 Å². The third kappa shape index (κ3) is 4.06. The van der Waals surface area contributed by atoms with Gasteiger partial charge in [-0.2, -0.15) is 13.2 Å². The number of anilines is 1. The third-order valence-corrected chi connectivity index (χ3v) is 6.03. The summed E-state index contributed by atoms with van der Waals surface area (Å²) in [6.45, 7) is 1.69. The van der Waals surface area contributed by atoms with Gasteiger partial charge in [0, 0.05) is 22.9 Å². The summed E-state index contributed by atoms with van der Waals surface area (Å²) in [7, 11) is 0. The molecule has 1 saturated carbocycles. The molecule has 1 aromatic heterocycles. The molecule has 162 valence electrons. The minimum atomic E-state index is -4.45. The van der Waals surface area contributed by atoms with E-state index >= 15 is 0 Å². The SMILES string of the molecule is Cc1noc(=O)c2ccc(NCC(=O)CC3(c4ccccc4C(F)(F)F)CCC3)cc12. The van der Waals surface area contributed by atoms with Crippen LogP contribution in [0.5, 0.6) is 0 Å². The number of Topliss-reactive ketones (excluding diaryl/α,β-unsaturated/α-hetero) is 1. The van der Waals surface area contributed by atoms with Gasteiger partial charge in [-0.15, -0.1) is 0 Å². The number of alkyl halides is 3. The molecule has 0 bridgehead atoms. The van der Waals surface area contributed by atoms with E-state index in [1.807, 2.05) is 0 Å². The van der Waals surface area contributed by atoms with Crippen molar-refractivity contribution in [2.45, 2.75) is 44.2 Å². The largest absolute Gasteiger partial charge is 0.416 e. The second-order valence-electron chi connectivity index (χ2n) is 8.06. The first-order valence-corrected chi connectivity index (χ1v) is 10.0. The van der Waals surface area contributed by atoms with E-state index in [1.165, 1.54) is 12.1 Å². The van der Waals surface area contributed by atoms with E-state index in [-0.39, 0.29) is 24.3 Å². The van der Waals surface area contributed by atoms with Crippen molar-refractivity contribution < 1.29 is 22.5 Å². The summed E-state index contributed by atoms with van der Waals surface area (Å²) < 4.78 is 45.2. The van der Waals surface area contributed by atoms with Gasteiger partial charge >= 0.3 is 11.8 Å². The average Bonchev–Trinajstić information content (AvgIpc) is 2.71. The van der Waals surface area contributed by atoms with Gasteiger partial charge in [-0.05, 0) is 49.6 Å². The molecule has 0 amide bonds. The van der Waals surface area contributed by atoms with Crippen LogP contribution in [-0.2, 0) is 16.4 Å². The van der Waals surface area contributed by atoms with E-state index in [2.05, 4.69) is 10.5 Å². The molecule has 0 unspecified atom stereocenters. The van der Waals surface area contributed by atoms with Crippen molar-refractivity contribution in [2.75, 3.05) is 11.9 Å². The van der Waals surface area contributed by atoms with E-state index in [1.54, 1.807) is 31.2 Å². The molecule has 4 rings (SSSR count). The summed E-state index contributed by atoms with van der Waals surface area (Å²) in [5.41, 5.74) is -0.601. The van der Waals surface area contributed by atoms with Gasteiger partial charge in [0.1, 0.15) is 0 Å². The van der Waals surface area contributed by atoms with Crippen molar-refractivity contribution in [3.63, 3.8) is 0 Å². The Labute approximate surface area is 176 Å². The number of carbonyl (C=O) groups excluding carboxylic acids is 1. The maximum Gasteiger partial charge on any atom is 0.416 e. The highest BCUT2D eigenvalue weighted by molar-refractivity contribution is 5.88. The van der Waals surface area contributed by atoms with Crippen LogP contribution in [0.25, 0.3) is 10.8 Å². The Balaban J connectivity index is 1.51. The van der Waals surface area contributed by atoms with E-state index in [9.17, 15) is 22.8 Å². The number of halogens is 3. The van der Waals surface area contributed by atoms with Crippen molar-refractivity contribution in [2.24, 2.45) is 0 Å². The van der Waals surface area contributed by atoms with E-state index < -0.39 is 22.8 Å². The lowest BCUT2D eigenvalue weighted by atomic mass is 9.61. The fourth-order valence-corrected chi connectivity index (χ4v) is 4.32. The van der Waals surface area contributed by atoms with Gasteiger partial charge in [0.15, 0.2) is 5.78 Å². The molecular formula is C23H21F3N2O3. The number of aromatic nitrogens is 1. The Morgan fingerprint density at radius 3 is 2.58 bits per heavy atom.